The molecule has 0 aliphatic carbocycles. The molecule has 3 rings (SSSR count). The van der Waals surface area contributed by atoms with Gasteiger partial charge >= 0.3 is 0 Å². The summed E-state index contributed by atoms with van der Waals surface area (Å²) in [5.41, 5.74) is 4.19. The van der Waals surface area contributed by atoms with Gasteiger partial charge in [0.25, 0.3) is 5.91 Å². The molecule has 1 aromatic heterocycles. The van der Waals surface area contributed by atoms with Gasteiger partial charge in [-0.2, -0.15) is 4.98 Å². The summed E-state index contributed by atoms with van der Waals surface area (Å²) < 4.78 is 11.2. The van der Waals surface area contributed by atoms with E-state index in [1.165, 1.54) is 0 Å². The van der Waals surface area contributed by atoms with E-state index in [1.54, 1.807) is 0 Å². The number of amides is 1. The van der Waals surface area contributed by atoms with Crippen molar-refractivity contribution in [3.8, 4) is 17.1 Å². The zero-order valence-corrected chi connectivity index (χ0v) is 16.7. The average molecular weight is 379 g/mol. The Hall–Kier alpha value is -3.15. The first-order valence-electron chi connectivity index (χ1n) is 9.37. The van der Waals surface area contributed by atoms with E-state index in [0.717, 1.165) is 22.3 Å². The Labute approximate surface area is 164 Å². The third-order valence-corrected chi connectivity index (χ3v) is 4.45. The zero-order chi connectivity index (χ0) is 20.1. The van der Waals surface area contributed by atoms with Gasteiger partial charge in [-0.1, -0.05) is 59.6 Å². The van der Waals surface area contributed by atoms with Crippen LogP contribution < -0.4 is 10.1 Å². The molecule has 1 atom stereocenters. The average Bonchev–Trinajstić information content (AvgIpc) is 3.15. The largest absolute Gasteiger partial charge is 0.480 e. The van der Waals surface area contributed by atoms with Crippen LogP contribution in [-0.2, 0) is 11.3 Å². The van der Waals surface area contributed by atoms with Crippen molar-refractivity contribution in [1.82, 2.24) is 15.5 Å². The second-order valence-electron chi connectivity index (χ2n) is 6.88. The summed E-state index contributed by atoms with van der Waals surface area (Å²) in [6, 6.07) is 13.8. The second-order valence-corrected chi connectivity index (χ2v) is 6.88. The molecule has 0 aliphatic rings. The molecule has 1 heterocycles. The van der Waals surface area contributed by atoms with Crippen LogP contribution in [0.2, 0.25) is 0 Å². The minimum absolute atomic E-state index is 0.157. The minimum atomic E-state index is -0.583. The molecule has 3 aromatic rings. The number of aromatic nitrogens is 2. The molecule has 0 fully saturated rings. The number of hydrogen-bond donors (Lipinski definition) is 1. The number of carbonyl (C=O) groups is 1. The van der Waals surface area contributed by atoms with Crippen LogP contribution in [0.15, 0.2) is 47.0 Å². The minimum Gasteiger partial charge on any atom is -0.480 e. The van der Waals surface area contributed by atoms with Crippen molar-refractivity contribution in [3.63, 3.8) is 0 Å². The number of nitrogens with one attached hydrogen (secondary N) is 1. The van der Waals surface area contributed by atoms with Crippen molar-refractivity contribution in [2.45, 2.75) is 46.8 Å². The van der Waals surface area contributed by atoms with Crippen LogP contribution >= 0.6 is 0 Å². The molecule has 0 radical (unpaired) electrons. The fourth-order valence-corrected chi connectivity index (χ4v) is 2.83. The number of hydrogen-bond acceptors (Lipinski definition) is 5. The summed E-state index contributed by atoms with van der Waals surface area (Å²) in [7, 11) is 0. The highest BCUT2D eigenvalue weighted by molar-refractivity contribution is 5.81. The van der Waals surface area contributed by atoms with Crippen molar-refractivity contribution in [2.24, 2.45) is 0 Å². The van der Waals surface area contributed by atoms with E-state index >= 15 is 0 Å². The summed E-state index contributed by atoms with van der Waals surface area (Å²) in [6.07, 6.45) is -0.0293. The molecule has 2 aromatic carbocycles. The van der Waals surface area contributed by atoms with Gasteiger partial charge in [0.15, 0.2) is 6.10 Å². The Kier molecular flexibility index (Phi) is 6.09. The smallest absolute Gasteiger partial charge is 0.261 e. The van der Waals surface area contributed by atoms with E-state index in [1.807, 2.05) is 70.2 Å². The molecule has 146 valence electrons. The topological polar surface area (TPSA) is 77.2 Å². The molecule has 0 saturated heterocycles. The van der Waals surface area contributed by atoms with Crippen LogP contribution in [0, 0.1) is 20.8 Å². The first-order valence-corrected chi connectivity index (χ1v) is 9.37. The monoisotopic (exact) mass is 379 g/mol. The fourth-order valence-electron chi connectivity index (χ4n) is 2.83. The highest BCUT2D eigenvalue weighted by Gasteiger charge is 2.20. The summed E-state index contributed by atoms with van der Waals surface area (Å²) >= 11 is 0. The van der Waals surface area contributed by atoms with Crippen LogP contribution in [0.25, 0.3) is 11.4 Å². The van der Waals surface area contributed by atoms with Gasteiger partial charge in [0, 0.05) is 5.56 Å². The predicted molar refractivity (Wildman–Crippen MR) is 107 cm³/mol. The molecule has 6 heteroatoms. The summed E-state index contributed by atoms with van der Waals surface area (Å²) in [5, 5.41) is 6.79. The molecule has 0 aliphatic heterocycles. The number of aryl methyl sites for hydroxylation is 3. The lowest BCUT2D eigenvalue weighted by atomic mass is 10.1. The van der Waals surface area contributed by atoms with Crippen LogP contribution in [-0.4, -0.2) is 22.2 Å². The van der Waals surface area contributed by atoms with Crippen LogP contribution in [0.5, 0.6) is 5.75 Å². The van der Waals surface area contributed by atoms with Crippen LogP contribution in [0.1, 0.15) is 35.9 Å². The highest BCUT2D eigenvalue weighted by Crippen LogP contribution is 2.21. The number of benzene rings is 2. The molecule has 0 bridgehead atoms. The first-order chi connectivity index (χ1) is 13.5. The highest BCUT2D eigenvalue weighted by atomic mass is 16.5. The molecule has 6 nitrogen and oxygen atoms in total. The number of rotatable bonds is 7. The van der Waals surface area contributed by atoms with Crippen LogP contribution in [0.3, 0.4) is 0 Å². The third-order valence-electron chi connectivity index (χ3n) is 4.45. The van der Waals surface area contributed by atoms with E-state index in [4.69, 9.17) is 9.26 Å². The van der Waals surface area contributed by atoms with Gasteiger partial charge in [-0.05, 0) is 38.8 Å². The maximum Gasteiger partial charge on any atom is 0.261 e. The summed E-state index contributed by atoms with van der Waals surface area (Å²) in [6.45, 7) is 8.08. The van der Waals surface area contributed by atoms with Gasteiger partial charge in [0.2, 0.25) is 11.7 Å². The molecule has 28 heavy (non-hydrogen) atoms. The zero-order valence-electron chi connectivity index (χ0n) is 16.7. The SMILES string of the molecule is CC[C@@H](Oc1ccc(C)cc1C)C(=O)NCc1nc(-c2ccc(C)cc2)no1. The Bertz CT molecular complexity index is 948. The van der Waals surface area contributed by atoms with Gasteiger partial charge in [-0.25, -0.2) is 0 Å². The molecule has 1 amide bonds. The molecule has 0 saturated carbocycles. The molecular formula is C22H25N3O3. The van der Waals surface area contributed by atoms with E-state index in [9.17, 15) is 4.79 Å². The van der Waals surface area contributed by atoms with Gasteiger partial charge < -0.3 is 14.6 Å². The predicted octanol–water partition coefficient (Wildman–Crippen LogP) is 4.14. The summed E-state index contributed by atoms with van der Waals surface area (Å²) in [5.74, 6) is 1.36. The van der Waals surface area contributed by atoms with Crippen molar-refractivity contribution < 1.29 is 14.1 Å². The lowest BCUT2D eigenvalue weighted by Crippen LogP contribution is -2.37. The molecule has 0 spiro atoms. The molecule has 1 N–H and O–H groups in total. The van der Waals surface area contributed by atoms with Gasteiger partial charge in [-0.15, -0.1) is 0 Å². The molecular weight excluding hydrogens is 354 g/mol. The lowest BCUT2D eigenvalue weighted by Gasteiger charge is -2.18. The number of carbonyl (C=O) groups excluding carboxylic acids is 1. The maximum atomic E-state index is 12.5. The number of nitrogens with zero attached hydrogens (tertiary/aromatic N) is 2. The summed E-state index contributed by atoms with van der Waals surface area (Å²) in [4.78, 5) is 16.9. The fraction of sp³-hybridized carbons (Fsp3) is 0.318. The van der Waals surface area contributed by atoms with Crippen molar-refractivity contribution >= 4 is 5.91 Å². The number of ether oxygens (including phenoxy) is 1. The first kappa shape index (κ1) is 19.6. The van der Waals surface area contributed by atoms with Crippen molar-refractivity contribution in [1.29, 1.82) is 0 Å². The lowest BCUT2D eigenvalue weighted by molar-refractivity contribution is -0.128. The Morgan fingerprint density at radius 1 is 1.11 bits per heavy atom. The molecule has 0 unspecified atom stereocenters. The van der Waals surface area contributed by atoms with Crippen LogP contribution in [0.4, 0.5) is 0 Å². The van der Waals surface area contributed by atoms with E-state index < -0.39 is 6.10 Å². The van der Waals surface area contributed by atoms with Crippen molar-refractivity contribution in [2.75, 3.05) is 0 Å². The van der Waals surface area contributed by atoms with E-state index in [2.05, 4.69) is 15.5 Å². The second kappa shape index (κ2) is 8.69. The third kappa shape index (κ3) is 4.76. The van der Waals surface area contributed by atoms with Gasteiger partial charge in [-0.3, -0.25) is 4.79 Å². The standard InChI is InChI=1S/C22H25N3O3/c1-5-18(27-19-11-8-15(3)12-16(19)4)22(26)23-13-20-24-21(25-28-20)17-9-6-14(2)7-10-17/h6-12,18H,5,13H2,1-4H3,(H,23,26)/t18-/m1/s1. The quantitative estimate of drug-likeness (QED) is 0.668. The Morgan fingerprint density at radius 3 is 2.50 bits per heavy atom. The van der Waals surface area contributed by atoms with E-state index in [0.29, 0.717) is 23.9 Å². The van der Waals surface area contributed by atoms with Crippen molar-refractivity contribution in [3.05, 3.63) is 65.0 Å². The van der Waals surface area contributed by atoms with Gasteiger partial charge in [0.1, 0.15) is 5.75 Å². The van der Waals surface area contributed by atoms with E-state index in [-0.39, 0.29) is 12.5 Å². The Balaban J connectivity index is 1.60. The maximum absolute atomic E-state index is 12.5. The normalized spacial score (nSPS) is 11.9. The Morgan fingerprint density at radius 2 is 1.82 bits per heavy atom. The van der Waals surface area contributed by atoms with Gasteiger partial charge in [0.05, 0.1) is 6.54 Å².